The first-order valence-corrected chi connectivity index (χ1v) is 12.1. The summed E-state index contributed by atoms with van der Waals surface area (Å²) >= 11 is 0. The average Bonchev–Trinajstić information content (AvgIpc) is 3.54. The normalized spacial score (nSPS) is 11.4. The Kier molecular flexibility index (Phi) is 5.97. The SMILES string of the molecule is O=C(Nc1cnccc1C(=O)Nc1n[nH]c2ccc(S(=O)(=O)c3cc(F)cc(F)c3)cc12)c1ccc[nH]1. The van der Waals surface area contributed by atoms with Crippen molar-refractivity contribution < 1.29 is 26.8 Å². The predicted molar refractivity (Wildman–Crippen MR) is 129 cm³/mol. The molecule has 0 aliphatic carbocycles. The number of amides is 2. The van der Waals surface area contributed by atoms with Crippen LogP contribution in [0.3, 0.4) is 0 Å². The molecule has 0 aliphatic heterocycles. The molecule has 10 nitrogen and oxygen atoms in total. The summed E-state index contributed by atoms with van der Waals surface area (Å²) in [4.78, 5) is 31.4. The standard InChI is InChI=1S/C24H16F2N6O4S/c25-13-8-14(26)10-16(9-13)37(35,36)15-3-4-19-18(11-15)22(32-31-19)30-23(33)17-5-7-27-12-21(17)29-24(34)20-2-1-6-28-20/h1-12,28H,(H,29,34)(H2,30,31,32,33). The number of aromatic nitrogens is 4. The molecule has 186 valence electrons. The second kappa shape index (κ2) is 9.28. The zero-order chi connectivity index (χ0) is 26.2. The van der Waals surface area contributed by atoms with Gasteiger partial charge in [-0.05, 0) is 48.5 Å². The summed E-state index contributed by atoms with van der Waals surface area (Å²) in [5.41, 5.74) is 0.885. The highest BCUT2D eigenvalue weighted by molar-refractivity contribution is 7.91. The molecule has 0 radical (unpaired) electrons. The first kappa shape index (κ1) is 23.8. The van der Waals surface area contributed by atoms with Crippen LogP contribution in [0.5, 0.6) is 0 Å². The summed E-state index contributed by atoms with van der Waals surface area (Å²) in [6.07, 6.45) is 4.25. The minimum absolute atomic E-state index is 0.000861. The van der Waals surface area contributed by atoms with Crippen LogP contribution in [0.25, 0.3) is 10.9 Å². The van der Waals surface area contributed by atoms with Crippen molar-refractivity contribution in [1.29, 1.82) is 0 Å². The first-order chi connectivity index (χ1) is 17.7. The highest BCUT2D eigenvalue weighted by Crippen LogP contribution is 2.29. The topological polar surface area (TPSA) is 150 Å². The smallest absolute Gasteiger partial charge is 0.272 e. The number of fused-ring (bicyclic) bond motifs is 1. The summed E-state index contributed by atoms with van der Waals surface area (Å²) < 4.78 is 53.3. The molecular weight excluding hydrogens is 506 g/mol. The van der Waals surface area contributed by atoms with Crippen molar-refractivity contribution in [3.8, 4) is 0 Å². The molecule has 37 heavy (non-hydrogen) atoms. The fourth-order valence-electron chi connectivity index (χ4n) is 3.60. The Bertz CT molecular complexity index is 1750. The summed E-state index contributed by atoms with van der Waals surface area (Å²) in [5.74, 6) is -3.21. The van der Waals surface area contributed by atoms with Crippen molar-refractivity contribution in [3.05, 3.63) is 96.1 Å². The molecule has 2 amide bonds. The molecule has 0 atom stereocenters. The molecule has 0 spiro atoms. The number of nitrogens with zero attached hydrogens (tertiary/aromatic N) is 2. The molecule has 13 heteroatoms. The third-order valence-electron chi connectivity index (χ3n) is 5.38. The maximum atomic E-state index is 13.6. The number of hydrogen-bond acceptors (Lipinski definition) is 6. The number of H-pyrrole nitrogens is 2. The van der Waals surface area contributed by atoms with Gasteiger partial charge in [-0.3, -0.25) is 19.7 Å². The van der Waals surface area contributed by atoms with Gasteiger partial charge in [0.1, 0.15) is 17.3 Å². The number of sulfone groups is 1. The number of rotatable bonds is 6. The number of halogens is 2. The van der Waals surface area contributed by atoms with E-state index >= 15 is 0 Å². The number of benzene rings is 2. The second-order valence-electron chi connectivity index (χ2n) is 7.80. The number of anilines is 2. The Morgan fingerprint density at radius 2 is 1.68 bits per heavy atom. The van der Waals surface area contributed by atoms with Crippen molar-refractivity contribution in [2.75, 3.05) is 10.6 Å². The monoisotopic (exact) mass is 522 g/mol. The van der Waals surface area contributed by atoms with Crippen molar-refractivity contribution in [2.45, 2.75) is 9.79 Å². The zero-order valence-corrected chi connectivity index (χ0v) is 19.4. The van der Waals surface area contributed by atoms with Crippen LogP contribution >= 0.6 is 0 Å². The van der Waals surface area contributed by atoms with E-state index in [1.807, 2.05) is 0 Å². The summed E-state index contributed by atoms with van der Waals surface area (Å²) in [7, 11) is -4.29. The Morgan fingerprint density at radius 3 is 2.41 bits per heavy atom. The van der Waals surface area contributed by atoms with Crippen LogP contribution < -0.4 is 10.6 Å². The molecule has 0 saturated carbocycles. The van der Waals surface area contributed by atoms with E-state index < -0.39 is 38.2 Å². The predicted octanol–water partition coefficient (Wildman–Crippen LogP) is 3.90. The van der Waals surface area contributed by atoms with Gasteiger partial charge in [0.25, 0.3) is 11.8 Å². The number of pyridine rings is 1. The third-order valence-corrected chi connectivity index (χ3v) is 7.11. The molecule has 5 aromatic rings. The van der Waals surface area contributed by atoms with E-state index in [2.05, 4.69) is 30.8 Å². The van der Waals surface area contributed by atoms with Gasteiger partial charge in [0.2, 0.25) is 9.84 Å². The van der Waals surface area contributed by atoms with Gasteiger partial charge in [0.15, 0.2) is 5.82 Å². The quantitative estimate of drug-likeness (QED) is 0.266. The Balaban J connectivity index is 1.45. The number of hydrogen-bond donors (Lipinski definition) is 4. The molecule has 3 heterocycles. The van der Waals surface area contributed by atoms with E-state index in [0.717, 1.165) is 0 Å². The van der Waals surface area contributed by atoms with Crippen molar-refractivity contribution in [3.63, 3.8) is 0 Å². The lowest BCUT2D eigenvalue weighted by Crippen LogP contribution is -2.19. The molecule has 0 aliphatic rings. The van der Waals surface area contributed by atoms with Gasteiger partial charge in [-0.1, -0.05) is 0 Å². The minimum atomic E-state index is -4.29. The molecule has 0 saturated heterocycles. The van der Waals surface area contributed by atoms with Crippen LogP contribution in [0.1, 0.15) is 20.8 Å². The molecule has 0 unspecified atom stereocenters. The lowest BCUT2D eigenvalue weighted by atomic mass is 10.2. The van der Waals surface area contributed by atoms with Gasteiger partial charge in [0, 0.05) is 23.8 Å². The first-order valence-electron chi connectivity index (χ1n) is 10.6. The van der Waals surface area contributed by atoms with Crippen LogP contribution in [0.4, 0.5) is 20.3 Å². The molecule has 0 bridgehead atoms. The maximum absolute atomic E-state index is 13.6. The van der Waals surface area contributed by atoms with E-state index in [4.69, 9.17) is 0 Å². The van der Waals surface area contributed by atoms with Crippen LogP contribution in [-0.2, 0) is 9.84 Å². The van der Waals surface area contributed by atoms with Crippen LogP contribution in [-0.4, -0.2) is 40.4 Å². The highest BCUT2D eigenvalue weighted by atomic mass is 32.2. The van der Waals surface area contributed by atoms with Crippen LogP contribution in [0.15, 0.2) is 83.0 Å². The summed E-state index contributed by atoms with van der Waals surface area (Å²) in [6, 6.07) is 10.5. The fraction of sp³-hybridized carbons (Fsp3) is 0. The molecule has 5 rings (SSSR count). The van der Waals surface area contributed by atoms with Crippen LogP contribution in [0, 0.1) is 11.6 Å². The molecule has 3 aromatic heterocycles. The van der Waals surface area contributed by atoms with Gasteiger partial charge in [-0.15, -0.1) is 0 Å². The van der Waals surface area contributed by atoms with Gasteiger partial charge in [-0.25, -0.2) is 17.2 Å². The van der Waals surface area contributed by atoms with E-state index in [9.17, 15) is 26.8 Å². The summed E-state index contributed by atoms with van der Waals surface area (Å²) in [5, 5.41) is 12.1. The van der Waals surface area contributed by atoms with E-state index in [1.54, 1.807) is 18.3 Å². The Morgan fingerprint density at radius 1 is 0.892 bits per heavy atom. The maximum Gasteiger partial charge on any atom is 0.272 e. The second-order valence-corrected chi connectivity index (χ2v) is 9.75. The number of carbonyl (C=O) groups excluding carboxylic acids is 2. The largest absolute Gasteiger partial charge is 0.357 e. The number of aromatic amines is 2. The van der Waals surface area contributed by atoms with E-state index in [0.29, 0.717) is 23.7 Å². The number of nitrogens with one attached hydrogen (secondary N) is 4. The highest BCUT2D eigenvalue weighted by Gasteiger charge is 2.22. The van der Waals surface area contributed by atoms with Crippen LogP contribution in [0.2, 0.25) is 0 Å². The van der Waals surface area contributed by atoms with Gasteiger partial charge in [0.05, 0.1) is 32.8 Å². The Labute approximate surface area is 207 Å². The number of carbonyl (C=O) groups is 2. The van der Waals surface area contributed by atoms with E-state index in [1.165, 1.54) is 36.7 Å². The Hall–Kier alpha value is -4.91. The molecule has 0 fully saturated rings. The summed E-state index contributed by atoms with van der Waals surface area (Å²) in [6.45, 7) is 0. The molecule has 4 N–H and O–H groups in total. The molecular formula is C24H16F2N6O4S. The van der Waals surface area contributed by atoms with Gasteiger partial charge < -0.3 is 15.6 Å². The van der Waals surface area contributed by atoms with Crippen molar-refractivity contribution >= 4 is 44.1 Å². The lowest BCUT2D eigenvalue weighted by molar-refractivity contribution is 0.102. The fourth-order valence-corrected chi connectivity index (χ4v) is 4.93. The minimum Gasteiger partial charge on any atom is -0.357 e. The zero-order valence-electron chi connectivity index (χ0n) is 18.6. The lowest BCUT2D eigenvalue weighted by Gasteiger charge is -2.10. The van der Waals surface area contributed by atoms with E-state index in [-0.39, 0.29) is 33.0 Å². The third kappa shape index (κ3) is 4.67. The van der Waals surface area contributed by atoms with Crippen molar-refractivity contribution in [1.82, 2.24) is 20.2 Å². The molecule has 2 aromatic carbocycles. The van der Waals surface area contributed by atoms with Gasteiger partial charge in [-0.2, -0.15) is 5.10 Å². The van der Waals surface area contributed by atoms with Crippen molar-refractivity contribution in [2.24, 2.45) is 0 Å². The van der Waals surface area contributed by atoms with Gasteiger partial charge >= 0.3 is 0 Å². The average molecular weight is 522 g/mol.